The van der Waals surface area contributed by atoms with E-state index in [4.69, 9.17) is 0 Å². The summed E-state index contributed by atoms with van der Waals surface area (Å²) in [7, 11) is 0. The van der Waals surface area contributed by atoms with Crippen LogP contribution in [0.4, 0.5) is 20.2 Å². The fourth-order valence-electron chi connectivity index (χ4n) is 5.06. The highest BCUT2D eigenvalue weighted by Gasteiger charge is 2.52. The number of fused-ring (bicyclic) bond motifs is 2. The number of hydrogen-bond acceptors (Lipinski definition) is 4. The predicted octanol–water partition coefficient (Wildman–Crippen LogP) is 4.90. The molecule has 1 saturated carbocycles. The third-order valence-electron chi connectivity index (χ3n) is 7.02. The van der Waals surface area contributed by atoms with E-state index in [1.54, 1.807) is 37.3 Å². The lowest BCUT2D eigenvalue weighted by Crippen LogP contribution is -2.49. The molecule has 0 bridgehead atoms. The Hall–Kier alpha value is -2.85. The second-order valence-corrected chi connectivity index (χ2v) is 10.3. The van der Waals surface area contributed by atoms with Gasteiger partial charge >= 0.3 is 6.61 Å². The van der Waals surface area contributed by atoms with Gasteiger partial charge in [-0.2, -0.15) is 8.78 Å². The zero-order valence-corrected chi connectivity index (χ0v) is 20.4. The molecule has 2 atom stereocenters. The summed E-state index contributed by atoms with van der Waals surface area (Å²) in [5.74, 6) is -0.692. The lowest BCUT2D eigenvalue weighted by Gasteiger charge is -2.28. The number of halogens is 2. The number of rotatable bonds is 8. The quantitative estimate of drug-likeness (QED) is 0.497. The number of nitrogens with zero attached hydrogens (tertiary/aromatic N) is 1. The number of ether oxygens (including phenoxy) is 1. The number of carbonyl (C=O) groups is 2. The molecule has 4 rings (SSSR count). The molecule has 1 fully saturated rings. The Bertz CT molecular complexity index is 1170. The Morgan fingerprint density at radius 1 is 1.26 bits per heavy atom. The molecule has 2 aromatic rings. The molecule has 1 aliphatic carbocycles. The van der Waals surface area contributed by atoms with E-state index in [-0.39, 0.29) is 17.4 Å². The zero-order chi connectivity index (χ0) is 25.4. The fraction of sp³-hybridized carbons (Fsp3) is 0.440. The lowest BCUT2D eigenvalue weighted by atomic mass is 9.79. The van der Waals surface area contributed by atoms with Gasteiger partial charge in [-0.3, -0.25) is 14.5 Å². The maximum Gasteiger partial charge on any atom is 0.387 e. The van der Waals surface area contributed by atoms with Crippen LogP contribution < -0.4 is 15.0 Å². The highest BCUT2D eigenvalue weighted by atomic mass is 32.2. The van der Waals surface area contributed by atoms with E-state index in [1.807, 2.05) is 6.92 Å². The van der Waals surface area contributed by atoms with E-state index in [0.717, 1.165) is 18.4 Å². The van der Waals surface area contributed by atoms with Crippen molar-refractivity contribution in [2.75, 3.05) is 10.7 Å². The summed E-state index contributed by atoms with van der Waals surface area (Å²) >= 11 is -2.07. The summed E-state index contributed by atoms with van der Waals surface area (Å²) in [6.45, 7) is 0.558. The smallest absolute Gasteiger partial charge is 0.387 e. The average molecular weight is 507 g/mol. The Kier molecular flexibility index (Phi) is 6.97. The summed E-state index contributed by atoms with van der Waals surface area (Å²) in [5, 5.41) is 2.86. The highest BCUT2D eigenvalue weighted by molar-refractivity contribution is 7.79. The van der Waals surface area contributed by atoms with Crippen LogP contribution in [0.25, 0.3) is 0 Å². The van der Waals surface area contributed by atoms with Crippen molar-refractivity contribution < 1.29 is 31.9 Å². The van der Waals surface area contributed by atoms with Gasteiger partial charge in [-0.1, -0.05) is 25.8 Å². The van der Waals surface area contributed by atoms with E-state index in [0.29, 0.717) is 36.2 Å². The minimum absolute atomic E-state index is 0.0460. The molecule has 1 heterocycles. The molecule has 0 aromatic heterocycles. The summed E-state index contributed by atoms with van der Waals surface area (Å²) in [6, 6.07) is 11.1. The normalized spacial score (nSPS) is 19.0. The van der Waals surface area contributed by atoms with Gasteiger partial charge in [-0.15, -0.1) is 0 Å². The SMILES string of the molecule is CC[C@](C)(CS(=O)O)NC(=O)c1ccc2c(c1)C1(CCCC1)C(=O)N2c1cccc(OC(F)F)c1. The number of carbonyl (C=O) groups excluding carboxylic acids is 2. The van der Waals surface area contributed by atoms with E-state index in [1.165, 1.54) is 17.0 Å². The van der Waals surface area contributed by atoms with Crippen LogP contribution in [0.3, 0.4) is 0 Å². The van der Waals surface area contributed by atoms with Gasteiger partial charge in [-0.05, 0) is 62.1 Å². The first kappa shape index (κ1) is 25.2. The molecule has 0 radical (unpaired) electrons. The van der Waals surface area contributed by atoms with Gasteiger partial charge in [0.05, 0.1) is 28.1 Å². The van der Waals surface area contributed by atoms with Gasteiger partial charge in [0.1, 0.15) is 5.75 Å². The van der Waals surface area contributed by atoms with E-state index < -0.39 is 34.6 Å². The summed E-state index contributed by atoms with van der Waals surface area (Å²) in [4.78, 5) is 28.4. The van der Waals surface area contributed by atoms with Gasteiger partial charge in [0, 0.05) is 11.6 Å². The fourth-order valence-corrected chi connectivity index (χ4v) is 5.88. The molecule has 2 aliphatic rings. The first-order chi connectivity index (χ1) is 16.6. The van der Waals surface area contributed by atoms with Gasteiger partial charge in [0.15, 0.2) is 11.1 Å². The van der Waals surface area contributed by atoms with Crippen LogP contribution >= 0.6 is 0 Å². The predicted molar refractivity (Wildman–Crippen MR) is 129 cm³/mol. The summed E-state index contributed by atoms with van der Waals surface area (Å²) in [5.41, 5.74) is 0.455. The third kappa shape index (κ3) is 4.81. The van der Waals surface area contributed by atoms with Crippen molar-refractivity contribution in [2.24, 2.45) is 0 Å². The van der Waals surface area contributed by atoms with Crippen LogP contribution in [0.2, 0.25) is 0 Å². The molecular formula is C25H28F2N2O5S. The third-order valence-corrected chi connectivity index (χ3v) is 7.91. The number of hydrogen-bond donors (Lipinski definition) is 2. The molecule has 35 heavy (non-hydrogen) atoms. The molecule has 0 saturated heterocycles. The van der Waals surface area contributed by atoms with Crippen molar-refractivity contribution in [3.8, 4) is 5.75 Å². The van der Waals surface area contributed by atoms with Gasteiger partial charge in [0.2, 0.25) is 5.91 Å². The average Bonchev–Trinajstić information content (AvgIpc) is 3.37. The number of nitrogens with one attached hydrogen (secondary N) is 1. The Balaban J connectivity index is 1.73. The molecule has 10 heteroatoms. The van der Waals surface area contributed by atoms with Crippen LogP contribution in [0.1, 0.15) is 61.9 Å². The maximum absolute atomic E-state index is 13.8. The summed E-state index contributed by atoms with van der Waals surface area (Å²) in [6.07, 6.45) is 3.44. The van der Waals surface area contributed by atoms with Gasteiger partial charge in [0.25, 0.3) is 5.91 Å². The molecule has 7 nitrogen and oxygen atoms in total. The first-order valence-electron chi connectivity index (χ1n) is 11.5. The zero-order valence-electron chi connectivity index (χ0n) is 19.6. The molecular weight excluding hydrogens is 478 g/mol. The number of anilines is 2. The van der Waals surface area contributed by atoms with Crippen LogP contribution in [-0.2, 0) is 21.3 Å². The second-order valence-electron chi connectivity index (χ2n) is 9.37. The molecule has 2 N–H and O–H groups in total. The van der Waals surface area contributed by atoms with E-state index in [9.17, 15) is 27.1 Å². The minimum Gasteiger partial charge on any atom is -0.435 e. The molecule has 188 valence electrons. The van der Waals surface area contributed by atoms with Gasteiger partial charge < -0.3 is 14.6 Å². The van der Waals surface area contributed by atoms with Crippen LogP contribution in [0.15, 0.2) is 42.5 Å². The molecule has 2 aromatic carbocycles. The van der Waals surface area contributed by atoms with Crippen molar-refractivity contribution in [1.82, 2.24) is 5.32 Å². The Morgan fingerprint density at radius 2 is 1.97 bits per heavy atom. The number of alkyl halides is 2. The lowest BCUT2D eigenvalue weighted by molar-refractivity contribution is -0.122. The monoisotopic (exact) mass is 506 g/mol. The van der Waals surface area contributed by atoms with Crippen LogP contribution in [0.5, 0.6) is 5.75 Å². The van der Waals surface area contributed by atoms with Crippen molar-refractivity contribution in [3.05, 3.63) is 53.6 Å². The Morgan fingerprint density at radius 3 is 2.60 bits per heavy atom. The molecule has 1 spiro atoms. The topological polar surface area (TPSA) is 95.9 Å². The van der Waals surface area contributed by atoms with Crippen molar-refractivity contribution in [3.63, 3.8) is 0 Å². The second kappa shape index (κ2) is 9.66. The van der Waals surface area contributed by atoms with Crippen molar-refractivity contribution >= 4 is 34.3 Å². The molecule has 1 unspecified atom stereocenters. The standard InChI is InChI=1S/C25H28F2N2O5S/c1-3-24(2,15-35(32)33)28-21(30)16-9-10-20-19(13-16)25(11-4-5-12-25)22(31)29(20)17-7-6-8-18(14-17)34-23(26)27/h6-10,13-14,23H,3-5,11-12,15H2,1-2H3,(H,28,30)(H,32,33)/t24-/m1/s1. The van der Waals surface area contributed by atoms with E-state index >= 15 is 0 Å². The number of amides is 2. The first-order valence-corrected chi connectivity index (χ1v) is 12.8. The van der Waals surface area contributed by atoms with E-state index in [2.05, 4.69) is 10.1 Å². The van der Waals surface area contributed by atoms with Crippen LogP contribution in [0, 0.1) is 0 Å². The van der Waals surface area contributed by atoms with Crippen molar-refractivity contribution in [1.29, 1.82) is 0 Å². The minimum atomic E-state index is -2.98. The highest BCUT2D eigenvalue weighted by Crippen LogP contribution is 2.53. The van der Waals surface area contributed by atoms with Gasteiger partial charge in [-0.25, -0.2) is 4.21 Å². The maximum atomic E-state index is 13.8. The summed E-state index contributed by atoms with van der Waals surface area (Å²) < 4.78 is 50.7. The molecule has 2 amide bonds. The van der Waals surface area contributed by atoms with Crippen LogP contribution in [-0.4, -0.2) is 38.5 Å². The Labute approximate surface area is 205 Å². The number of benzene rings is 2. The largest absolute Gasteiger partial charge is 0.435 e. The van der Waals surface area contributed by atoms with Crippen molar-refractivity contribution in [2.45, 2.75) is 63.5 Å². The molecule has 1 aliphatic heterocycles.